The second kappa shape index (κ2) is 5.81. The van der Waals surface area contributed by atoms with E-state index < -0.39 is 0 Å². The van der Waals surface area contributed by atoms with E-state index in [1.54, 1.807) is 0 Å². The molecule has 0 saturated heterocycles. The summed E-state index contributed by atoms with van der Waals surface area (Å²) < 4.78 is 2.09. The van der Waals surface area contributed by atoms with Crippen molar-refractivity contribution in [3.05, 3.63) is 18.7 Å². The SMILES string of the molecule is CC(C)CC(C)NCCn1ccnc1. The summed E-state index contributed by atoms with van der Waals surface area (Å²) in [6.07, 6.45) is 6.91. The molecule has 0 saturated carbocycles. The van der Waals surface area contributed by atoms with Gasteiger partial charge in [-0.05, 0) is 19.3 Å². The molecule has 0 aliphatic rings. The van der Waals surface area contributed by atoms with Crippen LogP contribution in [0.1, 0.15) is 27.2 Å². The van der Waals surface area contributed by atoms with Crippen LogP contribution in [-0.2, 0) is 6.54 Å². The van der Waals surface area contributed by atoms with E-state index in [2.05, 4.69) is 35.6 Å². The van der Waals surface area contributed by atoms with Gasteiger partial charge in [0.25, 0.3) is 0 Å². The van der Waals surface area contributed by atoms with Crippen LogP contribution in [0.25, 0.3) is 0 Å². The third-order valence-electron chi connectivity index (χ3n) is 2.25. The highest BCUT2D eigenvalue weighted by molar-refractivity contribution is 4.74. The van der Waals surface area contributed by atoms with E-state index in [0.29, 0.717) is 6.04 Å². The molecule has 3 nitrogen and oxygen atoms in total. The third kappa shape index (κ3) is 4.42. The largest absolute Gasteiger partial charge is 0.336 e. The Morgan fingerprint density at radius 2 is 2.14 bits per heavy atom. The normalized spacial score (nSPS) is 13.4. The minimum atomic E-state index is 0.610. The highest BCUT2D eigenvalue weighted by Crippen LogP contribution is 2.03. The van der Waals surface area contributed by atoms with E-state index in [-0.39, 0.29) is 0 Å². The molecule has 0 fully saturated rings. The van der Waals surface area contributed by atoms with Crippen molar-refractivity contribution in [1.29, 1.82) is 0 Å². The van der Waals surface area contributed by atoms with Crippen LogP contribution in [-0.4, -0.2) is 22.1 Å². The fraction of sp³-hybridized carbons (Fsp3) is 0.727. The molecule has 1 rings (SSSR count). The molecule has 0 aliphatic heterocycles. The van der Waals surface area contributed by atoms with Crippen molar-refractivity contribution in [2.45, 2.75) is 39.8 Å². The molecular formula is C11H21N3. The molecule has 3 heteroatoms. The van der Waals surface area contributed by atoms with Gasteiger partial charge in [-0.1, -0.05) is 13.8 Å². The van der Waals surface area contributed by atoms with Crippen molar-refractivity contribution in [3.63, 3.8) is 0 Å². The van der Waals surface area contributed by atoms with Gasteiger partial charge in [0, 0.05) is 31.5 Å². The average molecular weight is 195 g/mol. The third-order valence-corrected chi connectivity index (χ3v) is 2.25. The molecular weight excluding hydrogens is 174 g/mol. The predicted octanol–water partition coefficient (Wildman–Crippen LogP) is 1.91. The zero-order valence-corrected chi connectivity index (χ0v) is 9.40. The van der Waals surface area contributed by atoms with Gasteiger partial charge in [-0.2, -0.15) is 0 Å². The zero-order valence-electron chi connectivity index (χ0n) is 9.40. The molecule has 0 spiro atoms. The maximum Gasteiger partial charge on any atom is 0.0946 e. The van der Waals surface area contributed by atoms with Crippen molar-refractivity contribution in [3.8, 4) is 0 Å². The van der Waals surface area contributed by atoms with Crippen molar-refractivity contribution in [2.75, 3.05) is 6.54 Å². The van der Waals surface area contributed by atoms with Gasteiger partial charge in [0.05, 0.1) is 6.33 Å². The van der Waals surface area contributed by atoms with Crippen molar-refractivity contribution >= 4 is 0 Å². The van der Waals surface area contributed by atoms with Crippen LogP contribution >= 0.6 is 0 Å². The average Bonchev–Trinajstić information content (AvgIpc) is 2.55. The Labute approximate surface area is 86.5 Å². The lowest BCUT2D eigenvalue weighted by atomic mass is 10.1. The summed E-state index contributed by atoms with van der Waals surface area (Å²) in [6, 6.07) is 0.610. The van der Waals surface area contributed by atoms with E-state index in [1.807, 2.05) is 18.7 Å². The molecule has 1 N–H and O–H groups in total. The van der Waals surface area contributed by atoms with Crippen LogP contribution in [0.2, 0.25) is 0 Å². The minimum Gasteiger partial charge on any atom is -0.336 e. The number of hydrogen-bond donors (Lipinski definition) is 1. The monoisotopic (exact) mass is 195 g/mol. The summed E-state index contributed by atoms with van der Waals surface area (Å²) in [7, 11) is 0. The fourth-order valence-electron chi connectivity index (χ4n) is 1.65. The van der Waals surface area contributed by atoms with Gasteiger partial charge in [0.2, 0.25) is 0 Å². The van der Waals surface area contributed by atoms with Gasteiger partial charge < -0.3 is 9.88 Å². The van der Waals surface area contributed by atoms with E-state index >= 15 is 0 Å². The second-order valence-electron chi connectivity index (χ2n) is 4.29. The molecule has 0 aromatic carbocycles. The van der Waals surface area contributed by atoms with Gasteiger partial charge in [0.1, 0.15) is 0 Å². The number of nitrogens with one attached hydrogen (secondary N) is 1. The van der Waals surface area contributed by atoms with Crippen molar-refractivity contribution in [1.82, 2.24) is 14.9 Å². The van der Waals surface area contributed by atoms with Crippen LogP contribution < -0.4 is 5.32 Å². The molecule has 0 amide bonds. The highest BCUT2D eigenvalue weighted by Gasteiger charge is 2.03. The number of nitrogens with zero attached hydrogens (tertiary/aromatic N) is 2. The Kier molecular flexibility index (Phi) is 4.66. The summed E-state index contributed by atoms with van der Waals surface area (Å²) >= 11 is 0. The maximum atomic E-state index is 4.00. The fourth-order valence-corrected chi connectivity index (χ4v) is 1.65. The van der Waals surface area contributed by atoms with Crippen LogP contribution in [0.15, 0.2) is 18.7 Å². The first-order chi connectivity index (χ1) is 6.68. The van der Waals surface area contributed by atoms with E-state index in [0.717, 1.165) is 19.0 Å². The minimum absolute atomic E-state index is 0.610. The number of rotatable bonds is 6. The molecule has 1 unspecified atom stereocenters. The summed E-state index contributed by atoms with van der Waals surface area (Å²) in [5.74, 6) is 0.769. The quantitative estimate of drug-likeness (QED) is 0.751. The zero-order chi connectivity index (χ0) is 10.4. The Morgan fingerprint density at radius 3 is 2.71 bits per heavy atom. The van der Waals surface area contributed by atoms with Gasteiger partial charge in [-0.3, -0.25) is 0 Å². The van der Waals surface area contributed by atoms with E-state index in [9.17, 15) is 0 Å². The van der Waals surface area contributed by atoms with Gasteiger partial charge >= 0.3 is 0 Å². The number of aromatic nitrogens is 2. The Bertz CT molecular complexity index is 229. The summed E-state index contributed by atoms with van der Waals surface area (Å²) in [5.41, 5.74) is 0. The molecule has 14 heavy (non-hydrogen) atoms. The van der Waals surface area contributed by atoms with Crippen LogP contribution in [0.3, 0.4) is 0 Å². The van der Waals surface area contributed by atoms with Crippen LogP contribution in [0.5, 0.6) is 0 Å². The lowest BCUT2D eigenvalue weighted by Crippen LogP contribution is -2.30. The Morgan fingerprint density at radius 1 is 1.36 bits per heavy atom. The topological polar surface area (TPSA) is 29.9 Å². The Hall–Kier alpha value is -0.830. The van der Waals surface area contributed by atoms with Gasteiger partial charge in [-0.15, -0.1) is 0 Å². The standard InChI is InChI=1S/C11H21N3/c1-10(2)8-11(3)13-5-7-14-6-4-12-9-14/h4,6,9-11,13H,5,7-8H2,1-3H3. The second-order valence-corrected chi connectivity index (χ2v) is 4.29. The Balaban J connectivity index is 2.09. The number of hydrogen-bond acceptors (Lipinski definition) is 2. The first kappa shape index (κ1) is 11.2. The van der Waals surface area contributed by atoms with Crippen molar-refractivity contribution < 1.29 is 0 Å². The molecule has 1 atom stereocenters. The molecule has 0 radical (unpaired) electrons. The molecule has 1 heterocycles. The summed E-state index contributed by atoms with van der Waals surface area (Å²) in [6.45, 7) is 8.78. The molecule has 0 bridgehead atoms. The molecule has 0 aliphatic carbocycles. The number of imidazole rings is 1. The first-order valence-electron chi connectivity index (χ1n) is 5.37. The maximum absolute atomic E-state index is 4.00. The van der Waals surface area contributed by atoms with Crippen LogP contribution in [0, 0.1) is 5.92 Å². The van der Waals surface area contributed by atoms with E-state index in [1.165, 1.54) is 6.42 Å². The highest BCUT2D eigenvalue weighted by atomic mass is 15.0. The smallest absolute Gasteiger partial charge is 0.0946 e. The van der Waals surface area contributed by atoms with Crippen LogP contribution in [0.4, 0.5) is 0 Å². The summed E-state index contributed by atoms with van der Waals surface area (Å²) in [4.78, 5) is 4.00. The van der Waals surface area contributed by atoms with Gasteiger partial charge in [0.15, 0.2) is 0 Å². The predicted molar refractivity (Wildman–Crippen MR) is 59.1 cm³/mol. The first-order valence-corrected chi connectivity index (χ1v) is 5.37. The van der Waals surface area contributed by atoms with Crippen molar-refractivity contribution in [2.24, 2.45) is 5.92 Å². The van der Waals surface area contributed by atoms with Gasteiger partial charge in [-0.25, -0.2) is 4.98 Å². The molecule has 1 aromatic heterocycles. The summed E-state index contributed by atoms with van der Waals surface area (Å²) in [5, 5.41) is 3.50. The lowest BCUT2D eigenvalue weighted by Gasteiger charge is -2.15. The lowest BCUT2D eigenvalue weighted by molar-refractivity contribution is 0.432. The molecule has 80 valence electrons. The van der Waals surface area contributed by atoms with E-state index in [4.69, 9.17) is 0 Å². The molecule has 1 aromatic rings.